The van der Waals surface area contributed by atoms with Crippen LogP contribution in [-0.4, -0.2) is 36.8 Å². The van der Waals surface area contributed by atoms with Gasteiger partial charge < -0.3 is 9.47 Å². The molecule has 1 fully saturated rings. The molecule has 4 heteroatoms. The second kappa shape index (κ2) is 7.57. The summed E-state index contributed by atoms with van der Waals surface area (Å²) in [6.07, 6.45) is 0.0277. The average Bonchev–Trinajstić information content (AvgIpc) is 2.58. The van der Waals surface area contributed by atoms with E-state index in [1.807, 2.05) is 6.07 Å². The lowest BCUT2D eigenvalue weighted by Crippen LogP contribution is -2.49. The number of rotatable bonds is 5. The van der Waals surface area contributed by atoms with Crippen molar-refractivity contribution in [3.05, 3.63) is 66.0 Å². The van der Waals surface area contributed by atoms with Crippen LogP contribution in [-0.2, 0) is 11.3 Å². The largest absolute Gasteiger partial charge is 0.491 e. The third-order valence-electron chi connectivity index (χ3n) is 4.11. The summed E-state index contributed by atoms with van der Waals surface area (Å²) in [5.74, 6) is 0.414. The van der Waals surface area contributed by atoms with Crippen molar-refractivity contribution in [2.24, 2.45) is 0 Å². The van der Waals surface area contributed by atoms with Gasteiger partial charge in [0.05, 0.1) is 6.61 Å². The first-order chi connectivity index (χ1) is 11.2. The fourth-order valence-electron chi connectivity index (χ4n) is 2.73. The summed E-state index contributed by atoms with van der Waals surface area (Å²) in [4.78, 5) is 2.41. The Morgan fingerprint density at radius 3 is 2.61 bits per heavy atom. The van der Waals surface area contributed by atoms with E-state index in [9.17, 15) is 4.39 Å². The highest BCUT2D eigenvalue weighted by molar-refractivity contribution is 5.22. The summed E-state index contributed by atoms with van der Waals surface area (Å²) in [5, 5.41) is 0. The van der Waals surface area contributed by atoms with E-state index in [0.717, 1.165) is 13.1 Å². The highest BCUT2D eigenvalue weighted by atomic mass is 19.1. The van der Waals surface area contributed by atoms with E-state index in [1.54, 1.807) is 12.1 Å². The first-order valence-electron chi connectivity index (χ1n) is 7.98. The zero-order valence-corrected chi connectivity index (χ0v) is 13.3. The van der Waals surface area contributed by atoms with E-state index in [2.05, 4.69) is 36.1 Å². The zero-order chi connectivity index (χ0) is 16.1. The van der Waals surface area contributed by atoms with Gasteiger partial charge in [0.25, 0.3) is 0 Å². The van der Waals surface area contributed by atoms with Crippen molar-refractivity contribution in [3.63, 3.8) is 0 Å². The summed E-state index contributed by atoms with van der Waals surface area (Å²) < 4.78 is 24.5. The molecule has 0 bridgehead atoms. The lowest BCUT2D eigenvalue weighted by atomic mass is 10.1. The minimum absolute atomic E-state index is 0.0277. The molecule has 0 radical (unpaired) electrons. The van der Waals surface area contributed by atoms with Gasteiger partial charge in [-0.25, -0.2) is 4.39 Å². The van der Waals surface area contributed by atoms with Gasteiger partial charge in [-0.05, 0) is 36.8 Å². The number of hydrogen-bond donors (Lipinski definition) is 0. The van der Waals surface area contributed by atoms with Gasteiger partial charge in [0.1, 0.15) is 24.3 Å². The van der Waals surface area contributed by atoms with Gasteiger partial charge in [-0.15, -0.1) is 0 Å². The van der Waals surface area contributed by atoms with Crippen LogP contribution in [0.15, 0.2) is 54.6 Å². The Kier molecular flexibility index (Phi) is 5.26. The third kappa shape index (κ3) is 4.53. The Balaban J connectivity index is 1.54. The van der Waals surface area contributed by atoms with Gasteiger partial charge >= 0.3 is 0 Å². The summed E-state index contributed by atoms with van der Waals surface area (Å²) >= 11 is 0. The summed E-state index contributed by atoms with van der Waals surface area (Å²) in [6.45, 7) is 5.10. The van der Waals surface area contributed by atoms with Crippen molar-refractivity contribution in [3.8, 4) is 5.75 Å². The van der Waals surface area contributed by atoms with Crippen molar-refractivity contribution in [1.29, 1.82) is 0 Å². The van der Waals surface area contributed by atoms with Crippen LogP contribution in [0.2, 0.25) is 0 Å². The maximum absolute atomic E-state index is 12.9. The lowest BCUT2D eigenvalue weighted by molar-refractivity contribution is -0.0766. The number of halogens is 1. The summed E-state index contributed by atoms with van der Waals surface area (Å²) in [7, 11) is 0. The van der Waals surface area contributed by atoms with Crippen molar-refractivity contribution >= 4 is 0 Å². The molecule has 2 aromatic carbocycles. The molecule has 2 aromatic rings. The second-order valence-electron chi connectivity index (χ2n) is 5.98. The SMILES string of the molecule is CC1COC(COc2ccc(F)cc2)CN1Cc1ccccc1. The van der Waals surface area contributed by atoms with E-state index in [1.165, 1.54) is 17.7 Å². The van der Waals surface area contributed by atoms with Crippen molar-refractivity contribution in [2.75, 3.05) is 19.8 Å². The fraction of sp³-hybridized carbons (Fsp3) is 0.368. The number of ether oxygens (including phenoxy) is 2. The second-order valence-corrected chi connectivity index (χ2v) is 5.98. The van der Waals surface area contributed by atoms with Gasteiger partial charge in [-0.2, -0.15) is 0 Å². The Morgan fingerprint density at radius 2 is 1.87 bits per heavy atom. The molecule has 3 rings (SSSR count). The molecular formula is C19H22FNO2. The predicted octanol–water partition coefficient (Wildman–Crippen LogP) is 3.49. The molecule has 1 heterocycles. The van der Waals surface area contributed by atoms with E-state index in [4.69, 9.17) is 9.47 Å². The molecule has 23 heavy (non-hydrogen) atoms. The van der Waals surface area contributed by atoms with Crippen molar-refractivity contribution in [2.45, 2.75) is 25.6 Å². The van der Waals surface area contributed by atoms with Crippen LogP contribution in [0.4, 0.5) is 4.39 Å². The molecule has 2 atom stereocenters. The topological polar surface area (TPSA) is 21.7 Å². The Morgan fingerprint density at radius 1 is 1.13 bits per heavy atom. The van der Waals surface area contributed by atoms with Crippen LogP contribution in [0.1, 0.15) is 12.5 Å². The molecule has 1 saturated heterocycles. The molecule has 0 aromatic heterocycles. The molecular weight excluding hydrogens is 293 g/mol. The molecule has 0 aliphatic carbocycles. The van der Waals surface area contributed by atoms with Crippen LogP contribution in [0.5, 0.6) is 5.75 Å². The summed E-state index contributed by atoms with van der Waals surface area (Å²) in [5.41, 5.74) is 1.31. The van der Waals surface area contributed by atoms with Gasteiger partial charge in [0.15, 0.2) is 0 Å². The Hall–Kier alpha value is -1.91. The lowest BCUT2D eigenvalue weighted by Gasteiger charge is -2.37. The molecule has 1 aliphatic rings. The third-order valence-corrected chi connectivity index (χ3v) is 4.11. The van der Waals surface area contributed by atoms with Crippen molar-refractivity contribution in [1.82, 2.24) is 4.90 Å². The fourth-order valence-corrected chi connectivity index (χ4v) is 2.73. The monoisotopic (exact) mass is 315 g/mol. The molecule has 0 N–H and O–H groups in total. The summed E-state index contributed by atoms with van der Waals surface area (Å²) in [6, 6.07) is 16.9. The van der Waals surface area contributed by atoms with E-state index in [-0.39, 0.29) is 11.9 Å². The maximum atomic E-state index is 12.9. The highest BCUT2D eigenvalue weighted by Crippen LogP contribution is 2.17. The first-order valence-corrected chi connectivity index (χ1v) is 7.98. The highest BCUT2D eigenvalue weighted by Gasteiger charge is 2.26. The standard InChI is InChI=1S/C19H22FNO2/c1-15-13-22-19(14-23-18-9-7-17(20)8-10-18)12-21(15)11-16-5-3-2-4-6-16/h2-10,15,19H,11-14H2,1H3. The van der Waals surface area contributed by atoms with Gasteiger partial charge in [-0.3, -0.25) is 4.90 Å². The Labute approximate surface area is 136 Å². The zero-order valence-electron chi connectivity index (χ0n) is 13.3. The van der Waals surface area contributed by atoms with Crippen LogP contribution in [0, 0.1) is 5.82 Å². The minimum atomic E-state index is -0.255. The maximum Gasteiger partial charge on any atom is 0.123 e. The van der Waals surface area contributed by atoms with E-state index < -0.39 is 0 Å². The molecule has 2 unspecified atom stereocenters. The normalized spacial score (nSPS) is 22.0. The molecule has 0 amide bonds. The number of hydrogen-bond acceptors (Lipinski definition) is 3. The van der Waals surface area contributed by atoms with E-state index in [0.29, 0.717) is 25.0 Å². The van der Waals surface area contributed by atoms with Crippen LogP contribution in [0.3, 0.4) is 0 Å². The smallest absolute Gasteiger partial charge is 0.123 e. The molecule has 3 nitrogen and oxygen atoms in total. The quantitative estimate of drug-likeness (QED) is 0.843. The van der Waals surface area contributed by atoms with Gasteiger partial charge in [0.2, 0.25) is 0 Å². The number of morpholine rings is 1. The molecule has 0 spiro atoms. The molecule has 1 aliphatic heterocycles. The van der Waals surface area contributed by atoms with Gasteiger partial charge in [-0.1, -0.05) is 30.3 Å². The Bertz CT molecular complexity index is 603. The molecule has 0 saturated carbocycles. The minimum Gasteiger partial charge on any atom is -0.491 e. The number of nitrogens with zero attached hydrogens (tertiary/aromatic N) is 1. The van der Waals surface area contributed by atoms with Crippen LogP contribution < -0.4 is 4.74 Å². The number of benzene rings is 2. The van der Waals surface area contributed by atoms with E-state index >= 15 is 0 Å². The van der Waals surface area contributed by atoms with Gasteiger partial charge in [0, 0.05) is 19.1 Å². The molecule has 122 valence electrons. The predicted molar refractivity (Wildman–Crippen MR) is 87.9 cm³/mol. The average molecular weight is 315 g/mol. The van der Waals surface area contributed by atoms with Crippen LogP contribution >= 0.6 is 0 Å². The van der Waals surface area contributed by atoms with Crippen LogP contribution in [0.25, 0.3) is 0 Å². The van der Waals surface area contributed by atoms with Crippen molar-refractivity contribution < 1.29 is 13.9 Å². The first kappa shape index (κ1) is 16.0.